The van der Waals surface area contributed by atoms with Gasteiger partial charge in [-0.1, -0.05) is 46.0 Å². The van der Waals surface area contributed by atoms with Gasteiger partial charge in [0.1, 0.15) is 5.78 Å². The zero-order chi connectivity index (χ0) is 11.0. The molecule has 0 unspecified atom stereocenters. The van der Waals surface area contributed by atoms with Crippen molar-refractivity contribution in [1.82, 2.24) is 0 Å². The summed E-state index contributed by atoms with van der Waals surface area (Å²) in [6.45, 7) is 5.54. The number of hydrogen-bond donors (Lipinski definition) is 1. The number of carbonyl (C=O) groups excluding carboxylic acids is 1. The second-order valence-electron chi connectivity index (χ2n) is 4.17. The van der Waals surface area contributed by atoms with Crippen LogP contribution in [0.2, 0.25) is 0 Å². The monoisotopic (exact) mass is 200 g/mol. The van der Waals surface area contributed by atoms with Gasteiger partial charge in [-0.2, -0.15) is 0 Å². The van der Waals surface area contributed by atoms with Gasteiger partial charge in [0.25, 0.3) is 0 Å². The summed E-state index contributed by atoms with van der Waals surface area (Å²) in [7, 11) is 0. The highest BCUT2D eigenvalue weighted by Crippen LogP contribution is 2.13. The first kappa shape index (κ1) is 13.6. The summed E-state index contributed by atoms with van der Waals surface area (Å²) < 4.78 is 0. The maximum absolute atomic E-state index is 11.0. The van der Waals surface area contributed by atoms with Crippen LogP contribution in [-0.2, 0) is 4.79 Å². The van der Waals surface area contributed by atoms with Crippen molar-refractivity contribution in [2.45, 2.75) is 65.4 Å². The minimum atomic E-state index is -0.436. The molecule has 0 radical (unpaired) electrons. The first-order valence-electron chi connectivity index (χ1n) is 5.78. The number of carbonyl (C=O) groups is 1. The van der Waals surface area contributed by atoms with Crippen molar-refractivity contribution in [3.05, 3.63) is 0 Å². The molecule has 1 N–H and O–H groups in total. The minimum Gasteiger partial charge on any atom is -0.392 e. The number of unbranched alkanes of at least 4 members (excludes halogenated alkanes) is 4. The van der Waals surface area contributed by atoms with Crippen LogP contribution in [0, 0.1) is 5.92 Å². The van der Waals surface area contributed by atoms with Gasteiger partial charge in [-0.15, -0.1) is 0 Å². The zero-order valence-electron chi connectivity index (χ0n) is 9.75. The Morgan fingerprint density at radius 2 is 1.79 bits per heavy atom. The summed E-state index contributed by atoms with van der Waals surface area (Å²) in [5.41, 5.74) is 0. The zero-order valence-corrected chi connectivity index (χ0v) is 9.75. The van der Waals surface area contributed by atoms with Crippen LogP contribution in [-0.4, -0.2) is 17.0 Å². The Bertz CT molecular complexity index is 154. The maximum atomic E-state index is 11.0. The van der Waals surface area contributed by atoms with Crippen LogP contribution in [0.1, 0.15) is 59.3 Å². The largest absolute Gasteiger partial charge is 0.392 e. The molecule has 2 atom stereocenters. The van der Waals surface area contributed by atoms with Crippen LogP contribution in [0.25, 0.3) is 0 Å². The smallest absolute Gasteiger partial charge is 0.135 e. The molecule has 84 valence electrons. The fourth-order valence-electron chi connectivity index (χ4n) is 1.48. The highest BCUT2D eigenvalue weighted by atomic mass is 16.3. The van der Waals surface area contributed by atoms with Crippen LogP contribution in [0.3, 0.4) is 0 Å². The predicted molar refractivity (Wildman–Crippen MR) is 59.2 cm³/mol. The minimum absolute atomic E-state index is 0.0889. The summed E-state index contributed by atoms with van der Waals surface area (Å²) in [5, 5.41) is 9.62. The molecule has 0 heterocycles. The molecular weight excluding hydrogens is 176 g/mol. The van der Waals surface area contributed by atoms with Crippen LogP contribution in [0.15, 0.2) is 0 Å². The van der Waals surface area contributed by atoms with E-state index in [1.54, 1.807) is 13.8 Å². The second kappa shape index (κ2) is 7.98. The van der Waals surface area contributed by atoms with Gasteiger partial charge < -0.3 is 5.11 Å². The molecule has 0 aliphatic carbocycles. The predicted octanol–water partition coefficient (Wildman–Crippen LogP) is 2.93. The van der Waals surface area contributed by atoms with Crippen molar-refractivity contribution in [2.24, 2.45) is 5.92 Å². The van der Waals surface area contributed by atoms with Crippen molar-refractivity contribution in [1.29, 1.82) is 0 Å². The lowest BCUT2D eigenvalue weighted by Crippen LogP contribution is -2.23. The molecule has 0 saturated heterocycles. The molecule has 0 fully saturated rings. The summed E-state index contributed by atoms with van der Waals surface area (Å²) >= 11 is 0. The lowest BCUT2D eigenvalue weighted by atomic mass is 9.96. The summed E-state index contributed by atoms with van der Waals surface area (Å²) in [5.74, 6) is -0.104. The molecule has 0 aromatic carbocycles. The van der Waals surface area contributed by atoms with Crippen molar-refractivity contribution >= 4 is 5.78 Å². The van der Waals surface area contributed by atoms with E-state index in [0.717, 1.165) is 12.8 Å². The molecule has 0 spiro atoms. The lowest BCUT2D eigenvalue weighted by Gasteiger charge is -2.15. The van der Waals surface area contributed by atoms with Crippen molar-refractivity contribution in [3.63, 3.8) is 0 Å². The SMILES string of the molecule is CCCCCCC[C@@H](O)[C@@H](C)C(C)=O. The van der Waals surface area contributed by atoms with E-state index in [-0.39, 0.29) is 11.7 Å². The molecule has 0 saturated carbocycles. The Balaban J connectivity index is 3.43. The molecule has 0 bridgehead atoms. The number of ketones is 1. The van der Waals surface area contributed by atoms with E-state index in [4.69, 9.17) is 0 Å². The van der Waals surface area contributed by atoms with E-state index in [9.17, 15) is 9.90 Å². The standard InChI is InChI=1S/C12H24O2/c1-4-5-6-7-8-9-12(14)10(2)11(3)13/h10,12,14H,4-9H2,1-3H3/t10-,12+/m0/s1. The first-order valence-corrected chi connectivity index (χ1v) is 5.78. The van der Waals surface area contributed by atoms with E-state index < -0.39 is 6.10 Å². The van der Waals surface area contributed by atoms with Gasteiger partial charge in [-0.25, -0.2) is 0 Å². The molecule has 0 aromatic heterocycles. The highest BCUT2D eigenvalue weighted by molar-refractivity contribution is 5.78. The van der Waals surface area contributed by atoms with Crippen molar-refractivity contribution in [2.75, 3.05) is 0 Å². The van der Waals surface area contributed by atoms with E-state index in [1.807, 2.05) is 0 Å². The van der Waals surface area contributed by atoms with Crippen LogP contribution in [0.4, 0.5) is 0 Å². The average Bonchev–Trinajstić information content (AvgIpc) is 2.16. The van der Waals surface area contributed by atoms with Crippen molar-refractivity contribution in [3.8, 4) is 0 Å². The molecule has 2 nitrogen and oxygen atoms in total. The topological polar surface area (TPSA) is 37.3 Å². The van der Waals surface area contributed by atoms with E-state index >= 15 is 0 Å². The highest BCUT2D eigenvalue weighted by Gasteiger charge is 2.17. The fraction of sp³-hybridized carbons (Fsp3) is 0.917. The fourth-order valence-corrected chi connectivity index (χ4v) is 1.48. The van der Waals surface area contributed by atoms with Gasteiger partial charge in [0.2, 0.25) is 0 Å². The first-order chi connectivity index (χ1) is 6.59. The third-order valence-corrected chi connectivity index (χ3v) is 2.82. The third kappa shape index (κ3) is 6.14. The van der Waals surface area contributed by atoms with E-state index in [1.165, 1.54) is 25.7 Å². The molecular formula is C12H24O2. The number of rotatable bonds is 8. The van der Waals surface area contributed by atoms with Crippen LogP contribution < -0.4 is 0 Å². The average molecular weight is 200 g/mol. The Kier molecular flexibility index (Phi) is 7.77. The van der Waals surface area contributed by atoms with Crippen LogP contribution in [0.5, 0.6) is 0 Å². The quantitative estimate of drug-likeness (QED) is 0.612. The van der Waals surface area contributed by atoms with Gasteiger partial charge in [0.05, 0.1) is 6.10 Å². The summed E-state index contributed by atoms with van der Waals surface area (Å²) in [6, 6.07) is 0. The Morgan fingerprint density at radius 1 is 1.21 bits per heavy atom. The number of aliphatic hydroxyl groups excluding tert-OH is 1. The molecule has 0 aliphatic heterocycles. The van der Waals surface area contributed by atoms with E-state index in [2.05, 4.69) is 6.92 Å². The Labute approximate surface area is 87.7 Å². The van der Waals surface area contributed by atoms with Crippen LogP contribution >= 0.6 is 0 Å². The number of Topliss-reactive ketones (excluding diaryl/α,β-unsaturated/α-hetero) is 1. The molecule has 0 rings (SSSR count). The Hall–Kier alpha value is -0.370. The number of aliphatic hydroxyl groups is 1. The summed E-state index contributed by atoms with van der Waals surface area (Å²) in [4.78, 5) is 11.0. The van der Waals surface area contributed by atoms with Gasteiger partial charge >= 0.3 is 0 Å². The summed E-state index contributed by atoms with van der Waals surface area (Å²) in [6.07, 6.45) is 6.32. The molecule has 0 aliphatic rings. The van der Waals surface area contributed by atoms with Gasteiger partial charge in [-0.05, 0) is 13.3 Å². The van der Waals surface area contributed by atoms with Gasteiger partial charge in [0, 0.05) is 5.92 Å². The van der Waals surface area contributed by atoms with Gasteiger partial charge in [0.15, 0.2) is 0 Å². The molecule has 0 amide bonds. The molecule has 0 aromatic rings. The normalized spacial score (nSPS) is 15.1. The lowest BCUT2D eigenvalue weighted by molar-refractivity contribution is -0.123. The second-order valence-corrected chi connectivity index (χ2v) is 4.17. The number of hydrogen-bond acceptors (Lipinski definition) is 2. The van der Waals surface area contributed by atoms with E-state index in [0.29, 0.717) is 0 Å². The van der Waals surface area contributed by atoms with Crippen molar-refractivity contribution < 1.29 is 9.90 Å². The Morgan fingerprint density at radius 3 is 2.29 bits per heavy atom. The molecule has 14 heavy (non-hydrogen) atoms. The maximum Gasteiger partial charge on any atom is 0.135 e. The molecule has 2 heteroatoms. The third-order valence-electron chi connectivity index (χ3n) is 2.82. The van der Waals surface area contributed by atoms with Gasteiger partial charge in [-0.3, -0.25) is 4.79 Å².